The third-order valence-corrected chi connectivity index (χ3v) is 11.0. The van der Waals surface area contributed by atoms with E-state index in [1.807, 2.05) is 6.20 Å². The van der Waals surface area contributed by atoms with Gasteiger partial charge < -0.3 is 14.6 Å². The summed E-state index contributed by atoms with van der Waals surface area (Å²) in [4.78, 5) is 17.3. The summed E-state index contributed by atoms with van der Waals surface area (Å²) in [6.07, 6.45) is -1.06. The van der Waals surface area contributed by atoms with Crippen LogP contribution in [-0.4, -0.2) is 64.3 Å². The van der Waals surface area contributed by atoms with Crippen molar-refractivity contribution < 1.29 is 35.9 Å². The minimum Gasteiger partial charge on any atom is -0.406 e. The largest absolute Gasteiger partial charge is 0.573 e. The average Bonchev–Trinajstić information content (AvgIpc) is 3.80. The van der Waals surface area contributed by atoms with Crippen LogP contribution < -0.4 is 10.1 Å². The third kappa shape index (κ3) is 8.19. The summed E-state index contributed by atoms with van der Waals surface area (Å²) in [5, 5.41) is 4.31. The van der Waals surface area contributed by atoms with Crippen LogP contribution in [0.4, 0.5) is 26.3 Å². The topological polar surface area (TPSA) is 49.7 Å². The maximum absolute atomic E-state index is 13.8. The normalized spacial score (nSPS) is 21.3. The molecule has 52 heavy (non-hydrogen) atoms. The molecule has 3 aromatic carbocycles. The fraction of sp³-hybridized carbons (Fsp3) is 0.475. The van der Waals surface area contributed by atoms with Crippen molar-refractivity contribution >= 4 is 16.7 Å². The number of Topliss-reactive ketones (excluding diaryl/α,β-unsaturated/α-hetero) is 1. The monoisotopic (exact) mass is 726 g/mol. The molecule has 1 aromatic heterocycles. The molecule has 0 spiro atoms. The number of halogens is 6. The van der Waals surface area contributed by atoms with Crippen molar-refractivity contribution in [1.82, 2.24) is 19.7 Å². The Labute approximate surface area is 299 Å². The Balaban J connectivity index is 1.06. The molecule has 4 aromatic rings. The van der Waals surface area contributed by atoms with Crippen LogP contribution in [0.3, 0.4) is 0 Å². The van der Waals surface area contributed by atoms with Gasteiger partial charge in [-0.2, -0.15) is 13.2 Å². The molecule has 3 aliphatic rings. The Morgan fingerprint density at radius 3 is 2.33 bits per heavy atom. The summed E-state index contributed by atoms with van der Waals surface area (Å²) in [5.74, 6) is -0.0171. The molecule has 3 saturated heterocycles. The Hall–Kier alpha value is -3.87. The molecular weight excluding hydrogens is 682 g/mol. The van der Waals surface area contributed by atoms with Gasteiger partial charge in [0.15, 0.2) is 0 Å². The number of carbonyl (C=O) groups excluding carboxylic acids is 1. The molecule has 0 radical (unpaired) electrons. The van der Waals surface area contributed by atoms with E-state index in [-0.39, 0.29) is 36.2 Å². The maximum atomic E-state index is 13.8. The number of fused-ring (bicyclic) bond motifs is 3. The molecule has 6 nitrogen and oxygen atoms in total. The van der Waals surface area contributed by atoms with Crippen molar-refractivity contribution in [2.24, 2.45) is 0 Å². The summed E-state index contributed by atoms with van der Waals surface area (Å²) < 4.78 is 86.2. The molecule has 278 valence electrons. The quantitative estimate of drug-likeness (QED) is 0.117. The molecule has 1 N–H and O–H groups in total. The molecule has 3 atom stereocenters. The third-order valence-electron chi connectivity index (χ3n) is 11.0. The van der Waals surface area contributed by atoms with Crippen LogP contribution in [0.2, 0.25) is 0 Å². The van der Waals surface area contributed by atoms with Gasteiger partial charge in [0, 0.05) is 73.9 Å². The number of piperazine rings is 1. The lowest BCUT2D eigenvalue weighted by atomic mass is 9.98. The predicted octanol–water partition coefficient (Wildman–Crippen LogP) is 8.87. The fourth-order valence-electron chi connectivity index (χ4n) is 8.41. The van der Waals surface area contributed by atoms with E-state index >= 15 is 0 Å². The Kier molecular flexibility index (Phi) is 10.4. The molecule has 3 unspecified atom stereocenters. The van der Waals surface area contributed by atoms with Crippen LogP contribution >= 0.6 is 0 Å². The van der Waals surface area contributed by atoms with Crippen LogP contribution in [0.5, 0.6) is 5.75 Å². The van der Waals surface area contributed by atoms with Crippen molar-refractivity contribution in [2.45, 2.75) is 102 Å². The number of rotatable bonds is 12. The van der Waals surface area contributed by atoms with E-state index in [9.17, 15) is 31.1 Å². The molecular formula is C40H44F6N4O2. The predicted molar refractivity (Wildman–Crippen MR) is 188 cm³/mol. The number of unbranched alkanes of at least 4 members (excludes halogenated alkanes) is 1. The first kappa shape index (κ1) is 36.5. The smallest absolute Gasteiger partial charge is 0.406 e. The fourth-order valence-corrected chi connectivity index (χ4v) is 8.41. The number of likely N-dealkylation sites (tertiary alicyclic amines) is 2. The Morgan fingerprint density at radius 2 is 1.65 bits per heavy atom. The number of carbonyl (C=O) groups is 1. The van der Waals surface area contributed by atoms with E-state index in [0.29, 0.717) is 37.2 Å². The van der Waals surface area contributed by atoms with Gasteiger partial charge in [-0.15, -0.1) is 13.2 Å². The van der Waals surface area contributed by atoms with Crippen molar-refractivity contribution in [3.05, 3.63) is 89.1 Å². The number of ether oxygens (including phenoxy) is 1. The van der Waals surface area contributed by atoms with Crippen molar-refractivity contribution in [3.63, 3.8) is 0 Å². The Bertz CT molecular complexity index is 1880. The summed E-state index contributed by atoms with van der Waals surface area (Å²) in [6.45, 7) is 5.74. The lowest BCUT2D eigenvalue weighted by molar-refractivity contribution is -0.274. The highest BCUT2D eigenvalue weighted by Crippen LogP contribution is 2.39. The van der Waals surface area contributed by atoms with Gasteiger partial charge in [0.1, 0.15) is 11.5 Å². The molecule has 3 aliphatic heterocycles. The van der Waals surface area contributed by atoms with E-state index < -0.39 is 18.1 Å². The van der Waals surface area contributed by atoms with Crippen LogP contribution in [0.15, 0.2) is 66.9 Å². The number of alkyl halides is 6. The lowest BCUT2D eigenvalue weighted by Crippen LogP contribution is -2.45. The number of aromatic nitrogens is 1. The van der Waals surface area contributed by atoms with E-state index in [0.717, 1.165) is 79.2 Å². The number of hydrogen-bond acceptors (Lipinski definition) is 5. The first-order valence-corrected chi connectivity index (χ1v) is 18.2. The van der Waals surface area contributed by atoms with E-state index in [4.69, 9.17) is 0 Å². The Morgan fingerprint density at radius 1 is 0.904 bits per heavy atom. The van der Waals surface area contributed by atoms with Gasteiger partial charge in [-0.1, -0.05) is 36.8 Å². The number of nitrogens with zero attached hydrogens (tertiary/aromatic N) is 3. The molecule has 0 saturated carbocycles. The molecule has 0 aliphatic carbocycles. The van der Waals surface area contributed by atoms with Crippen molar-refractivity contribution in [2.75, 3.05) is 19.6 Å². The van der Waals surface area contributed by atoms with Gasteiger partial charge in [-0.05, 0) is 98.2 Å². The van der Waals surface area contributed by atoms with E-state index in [1.54, 1.807) is 25.1 Å². The summed E-state index contributed by atoms with van der Waals surface area (Å²) in [7, 11) is 0. The van der Waals surface area contributed by atoms with Gasteiger partial charge in [0.2, 0.25) is 0 Å². The highest BCUT2D eigenvalue weighted by Gasteiger charge is 2.44. The van der Waals surface area contributed by atoms with Gasteiger partial charge in [-0.3, -0.25) is 14.6 Å². The standard InChI is InChI=1S/C40H44F6N4O2/c1-26-7-6-8-35(39(41,42)43)33(26)24-50-23-29-20-30(50)22-49(29)21-27-11-16-37-32(19-27)34(28-12-14-31(15-13-28)52-40(44,45)46)25-48(37)18-5-3-10-38(51)36-9-2-4-17-47-36/h6-8,11-16,19,25,29-30,36,47H,2-5,9-10,17-18,20-24H2,1H3. The van der Waals surface area contributed by atoms with Gasteiger partial charge in [-0.25, -0.2) is 0 Å². The molecule has 4 heterocycles. The van der Waals surface area contributed by atoms with Crippen LogP contribution in [0, 0.1) is 6.92 Å². The number of ketones is 1. The van der Waals surface area contributed by atoms with Gasteiger partial charge in [0.25, 0.3) is 0 Å². The zero-order chi connectivity index (χ0) is 36.6. The molecule has 2 bridgehead atoms. The number of aryl methyl sites for hydroxylation is 2. The van der Waals surface area contributed by atoms with Crippen molar-refractivity contribution in [3.8, 4) is 16.9 Å². The zero-order valence-electron chi connectivity index (χ0n) is 29.2. The highest BCUT2D eigenvalue weighted by atomic mass is 19.4. The molecule has 0 amide bonds. The molecule has 12 heteroatoms. The number of hydrogen-bond donors (Lipinski definition) is 1. The first-order chi connectivity index (χ1) is 24.8. The molecule has 7 rings (SSSR count). The lowest BCUT2D eigenvalue weighted by Gasteiger charge is -2.35. The number of benzene rings is 3. The van der Waals surface area contributed by atoms with Crippen LogP contribution in [0.1, 0.15) is 67.2 Å². The summed E-state index contributed by atoms with van der Waals surface area (Å²) >= 11 is 0. The summed E-state index contributed by atoms with van der Waals surface area (Å²) in [6, 6.07) is 17.0. The number of piperidine rings is 1. The first-order valence-electron chi connectivity index (χ1n) is 18.2. The van der Waals surface area contributed by atoms with E-state index in [2.05, 4.69) is 42.6 Å². The van der Waals surface area contributed by atoms with Gasteiger partial charge in [0.05, 0.1) is 11.6 Å². The minimum absolute atomic E-state index is 0.0420. The highest BCUT2D eigenvalue weighted by molar-refractivity contribution is 5.96. The molecule has 3 fully saturated rings. The second-order valence-electron chi connectivity index (χ2n) is 14.6. The second-order valence-corrected chi connectivity index (χ2v) is 14.6. The minimum atomic E-state index is -4.78. The zero-order valence-corrected chi connectivity index (χ0v) is 29.2. The van der Waals surface area contributed by atoms with Crippen molar-refractivity contribution in [1.29, 1.82) is 0 Å². The van der Waals surface area contributed by atoms with Crippen LogP contribution in [-0.2, 0) is 30.6 Å². The second kappa shape index (κ2) is 14.9. The SMILES string of the molecule is Cc1cccc(C(F)(F)F)c1CN1CC2CC1CN2Cc1ccc2c(c1)c(-c1ccc(OC(F)(F)F)cc1)cn2CCCCC(=O)C1CCCCN1. The summed E-state index contributed by atoms with van der Waals surface area (Å²) in [5.41, 5.74) is 4.19. The average molecular weight is 727 g/mol. The number of nitrogens with one attached hydrogen (secondary N) is 1. The van der Waals surface area contributed by atoms with Gasteiger partial charge >= 0.3 is 12.5 Å². The maximum Gasteiger partial charge on any atom is 0.573 e. The van der Waals surface area contributed by atoms with Crippen LogP contribution in [0.25, 0.3) is 22.0 Å². The van der Waals surface area contributed by atoms with E-state index in [1.165, 1.54) is 24.3 Å².